The van der Waals surface area contributed by atoms with Gasteiger partial charge in [0.15, 0.2) is 0 Å². The van der Waals surface area contributed by atoms with E-state index in [4.69, 9.17) is 5.11 Å². The van der Waals surface area contributed by atoms with E-state index >= 15 is 0 Å². The predicted molar refractivity (Wildman–Crippen MR) is 70.1 cm³/mol. The number of likely N-dealkylation sites (N-methyl/N-ethyl adjacent to an activating group) is 1. The first-order valence-electron chi connectivity index (χ1n) is 6.40. The van der Waals surface area contributed by atoms with E-state index in [1.807, 2.05) is 0 Å². The molecule has 0 aromatic carbocycles. The Hall–Kier alpha value is -0.870. The van der Waals surface area contributed by atoms with Crippen molar-refractivity contribution in [1.82, 2.24) is 9.80 Å². The molecule has 1 fully saturated rings. The molecule has 2 rings (SSSR count). The van der Waals surface area contributed by atoms with Gasteiger partial charge in [0.1, 0.15) is 5.84 Å². The number of amidine groups is 1. The standard InChI is InChI=1S/C13H23N3O/c1-9-10(2)14-11(3)16-6-5-12(13(9)16)15(4)7-8-17/h10,12,17H,5-8H2,1-4H3. The molecular formula is C13H23N3O. The summed E-state index contributed by atoms with van der Waals surface area (Å²) in [5, 5.41) is 9.07. The normalized spacial score (nSPS) is 28.8. The molecule has 0 aromatic heterocycles. The minimum atomic E-state index is 0.224. The van der Waals surface area contributed by atoms with E-state index in [2.05, 4.69) is 42.6 Å². The maximum atomic E-state index is 9.07. The van der Waals surface area contributed by atoms with Gasteiger partial charge in [-0.25, -0.2) is 0 Å². The van der Waals surface area contributed by atoms with Crippen LogP contribution in [0.1, 0.15) is 27.2 Å². The molecule has 96 valence electrons. The van der Waals surface area contributed by atoms with Crippen LogP contribution in [-0.4, -0.2) is 59.6 Å². The number of nitrogens with zero attached hydrogens (tertiary/aromatic N) is 3. The minimum Gasteiger partial charge on any atom is -0.395 e. The smallest absolute Gasteiger partial charge is 0.101 e. The number of fused-ring (bicyclic) bond motifs is 1. The summed E-state index contributed by atoms with van der Waals surface area (Å²) in [6, 6.07) is 0.736. The topological polar surface area (TPSA) is 39.1 Å². The van der Waals surface area contributed by atoms with Crippen LogP contribution >= 0.6 is 0 Å². The van der Waals surface area contributed by atoms with Crippen molar-refractivity contribution in [3.8, 4) is 0 Å². The van der Waals surface area contributed by atoms with Gasteiger partial charge in [-0.15, -0.1) is 0 Å². The second kappa shape index (κ2) is 4.78. The number of hydrogen-bond donors (Lipinski definition) is 1. The van der Waals surface area contributed by atoms with E-state index < -0.39 is 0 Å². The Morgan fingerprint density at radius 1 is 1.47 bits per heavy atom. The lowest BCUT2D eigenvalue weighted by Gasteiger charge is -2.33. The Bertz CT molecular complexity index is 362. The first-order chi connectivity index (χ1) is 8.06. The number of aliphatic imine (C=N–C) groups is 1. The van der Waals surface area contributed by atoms with Crippen molar-refractivity contribution in [3.63, 3.8) is 0 Å². The molecule has 4 nitrogen and oxygen atoms in total. The highest BCUT2D eigenvalue weighted by Crippen LogP contribution is 2.33. The molecule has 2 aliphatic rings. The molecule has 4 heteroatoms. The van der Waals surface area contributed by atoms with Crippen molar-refractivity contribution < 1.29 is 5.11 Å². The van der Waals surface area contributed by atoms with Gasteiger partial charge < -0.3 is 10.0 Å². The van der Waals surface area contributed by atoms with Crippen molar-refractivity contribution >= 4 is 5.84 Å². The lowest BCUT2D eigenvalue weighted by Crippen LogP contribution is -2.39. The van der Waals surface area contributed by atoms with E-state index in [0.29, 0.717) is 12.1 Å². The fourth-order valence-electron chi connectivity index (χ4n) is 2.90. The minimum absolute atomic E-state index is 0.224. The van der Waals surface area contributed by atoms with E-state index in [-0.39, 0.29) is 6.61 Å². The van der Waals surface area contributed by atoms with Gasteiger partial charge >= 0.3 is 0 Å². The Morgan fingerprint density at radius 2 is 2.18 bits per heavy atom. The van der Waals surface area contributed by atoms with E-state index in [1.54, 1.807) is 0 Å². The highest BCUT2D eigenvalue weighted by atomic mass is 16.3. The maximum absolute atomic E-state index is 9.07. The van der Waals surface area contributed by atoms with Crippen molar-refractivity contribution in [2.75, 3.05) is 26.7 Å². The summed E-state index contributed by atoms with van der Waals surface area (Å²) >= 11 is 0. The SMILES string of the molecule is CC1=NC(C)C(C)=C2C(N(C)CCO)CCN12. The molecule has 0 amide bonds. The Kier molecular flexibility index (Phi) is 3.54. The molecule has 17 heavy (non-hydrogen) atoms. The number of aliphatic hydroxyl groups is 1. The van der Waals surface area contributed by atoms with Crippen LogP contribution in [-0.2, 0) is 0 Å². The fourth-order valence-corrected chi connectivity index (χ4v) is 2.90. The van der Waals surface area contributed by atoms with Crippen molar-refractivity contribution in [2.45, 2.75) is 39.3 Å². The summed E-state index contributed by atoms with van der Waals surface area (Å²) in [5.74, 6) is 1.14. The van der Waals surface area contributed by atoms with Crippen LogP contribution < -0.4 is 0 Å². The zero-order valence-corrected chi connectivity index (χ0v) is 11.3. The third-order valence-electron chi connectivity index (χ3n) is 4.02. The molecule has 0 aromatic rings. The summed E-state index contributed by atoms with van der Waals surface area (Å²) < 4.78 is 0. The first kappa shape index (κ1) is 12.6. The van der Waals surface area contributed by atoms with Crippen LogP contribution in [0.5, 0.6) is 0 Å². The Balaban J connectivity index is 2.27. The van der Waals surface area contributed by atoms with Gasteiger partial charge in [-0.2, -0.15) is 0 Å². The Labute approximate surface area is 104 Å². The monoisotopic (exact) mass is 237 g/mol. The van der Waals surface area contributed by atoms with E-state index in [0.717, 1.165) is 25.3 Å². The molecule has 0 radical (unpaired) electrons. The van der Waals surface area contributed by atoms with Crippen LogP contribution in [0.2, 0.25) is 0 Å². The van der Waals surface area contributed by atoms with Crippen molar-refractivity contribution in [3.05, 3.63) is 11.3 Å². The number of aliphatic hydroxyl groups excluding tert-OH is 1. The number of hydrogen-bond acceptors (Lipinski definition) is 4. The summed E-state index contributed by atoms with van der Waals surface area (Å²) in [5.41, 5.74) is 2.80. The molecule has 2 unspecified atom stereocenters. The van der Waals surface area contributed by atoms with E-state index in [9.17, 15) is 0 Å². The van der Waals surface area contributed by atoms with Crippen LogP contribution in [0.4, 0.5) is 0 Å². The molecular weight excluding hydrogens is 214 g/mol. The highest BCUT2D eigenvalue weighted by molar-refractivity contribution is 5.84. The van der Waals surface area contributed by atoms with Gasteiger partial charge in [-0.3, -0.25) is 9.89 Å². The largest absolute Gasteiger partial charge is 0.395 e. The van der Waals surface area contributed by atoms with Gasteiger partial charge in [0.25, 0.3) is 0 Å². The predicted octanol–water partition coefficient (Wildman–Crippen LogP) is 1.08. The summed E-state index contributed by atoms with van der Waals surface area (Å²) in [6.07, 6.45) is 1.13. The van der Waals surface area contributed by atoms with Gasteiger partial charge in [-0.05, 0) is 39.8 Å². The quantitative estimate of drug-likeness (QED) is 0.798. The van der Waals surface area contributed by atoms with Crippen LogP contribution in [0, 0.1) is 0 Å². The van der Waals surface area contributed by atoms with Gasteiger partial charge in [0, 0.05) is 18.8 Å². The molecule has 0 spiro atoms. The van der Waals surface area contributed by atoms with Crippen LogP contribution in [0.25, 0.3) is 0 Å². The van der Waals surface area contributed by atoms with Gasteiger partial charge in [-0.1, -0.05) is 0 Å². The van der Waals surface area contributed by atoms with Gasteiger partial charge in [0.2, 0.25) is 0 Å². The summed E-state index contributed by atoms with van der Waals surface area (Å²) in [6.45, 7) is 8.45. The van der Waals surface area contributed by atoms with Crippen molar-refractivity contribution in [2.24, 2.45) is 4.99 Å². The summed E-state index contributed by atoms with van der Waals surface area (Å²) in [7, 11) is 2.09. The molecule has 1 N–H and O–H groups in total. The summed E-state index contributed by atoms with van der Waals surface area (Å²) in [4.78, 5) is 9.26. The fraction of sp³-hybridized carbons (Fsp3) is 0.769. The Morgan fingerprint density at radius 3 is 2.82 bits per heavy atom. The molecule has 2 atom stereocenters. The zero-order chi connectivity index (χ0) is 12.6. The highest BCUT2D eigenvalue weighted by Gasteiger charge is 2.36. The zero-order valence-electron chi connectivity index (χ0n) is 11.3. The molecule has 0 bridgehead atoms. The molecule has 2 heterocycles. The third kappa shape index (κ3) is 2.11. The number of rotatable bonds is 3. The lowest BCUT2D eigenvalue weighted by molar-refractivity contribution is 0.195. The molecule has 2 aliphatic heterocycles. The van der Waals surface area contributed by atoms with Crippen molar-refractivity contribution in [1.29, 1.82) is 0 Å². The first-order valence-corrected chi connectivity index (χ1v) is 6.40. The second-order valence-electron chi connectivity index (χ2n) is 5.08. The average molecular weight is 237 g/mol. The van der Waals surface area contributed by atoms with E-state index in [1.165, 1.54) is 11.3 Å². The van der Waals surface area contributed by atoms with Gasteiger partial charge in [0.05, 0.1) is 18.7 Å². The van der Waals surface area contributed by atoms with Crippen LogP contribution in [0.15, 0.2) is 16.3 Å². The molecule has 0 aliphatic carbocycles. The lowest BCUT2D eigenvalue weighted by atomic mass is 10.0. The average Bonchev–Trinajstić information content (AvgIpc) is 2.71. The second-order valence-corrected chi connectivity index (χ2v) is 5.08. The molecule has 0 saturated carbocycles. The van der Waals surface area contributed by atoms with Crippen LogP contribution in [0.3, 0.4) is 0 Å². The maximum Gasteiger partial charge on any atom is 0.101 e. The molecule has 1 saturated heterocycles. The third-order valence-corrected chi connectivity index (χ3v) is 4.02.